The largest absolute Gasteiger partial charge is 0.300 e. The van der Waals surface area contributed by atoms with Crippen LogP contribution in [0.5, 0.6) is 0 Å². The minimum atomic E-state index is -2.39. The molecular weight excluding hydrogens is 196 g/mol. The van der Waals surface area contributed by atoms with Gasteiger partial charge in [0.2, 0.25) is 0 Å². The van der Waals surface area contributed by atoms with Crippen molar-refractivity contribution in [2.45, 2.75) is 57.4 Å². The van der Waals surface area contributed by atoms with E-state index in [9.17, 15) is 8.78 Å². The van der Waals surface area contributed by atoms with Crippen molar-refractivity contribution in [1.82, 2.24) is 4.90 Å². The maximum atomic E-state index is 13.0. The molecule has 1 saturated heterocycles. The molecule has 1 nitrogen and oxygen atoms in total. The number of hydrogen-bond acceptors (Lipinski definition) is 1. The zero-order valence-corrected chi connectivity index (χ0v) is 9.51. The Labute approximate surface area is 90.8 Å². The number of nitrogens with zero attached hydrogens (tertiary/aromatic N) is 1. The summed E-state index contributed by atoms with van der Waals surface area (Å²) in [6, 6.07) is 0.588. The average Bonchev–Trinajstić information content (AvgIpc) is 2.17. The molecule has 15 heavy (non-hydrogen) atoms. The van der Waals surface area contributed by atoms with Crippen LogP contribution in [-0.4, -0.2) is 30.0 Å². The minimum absolute atomic E-state index is 0.0673. The van der Waals surface area contributed by atoms with Gasteiger partial charge in [-0.15, -0.1) is 0 Å². The number of likely N-dealkylation sites (tertiary alicyclic amines) is 1. The molecule has 2 fully saturated rings. The van der Waals surface area contributed by atoms with Crippen LogP contribution in [0.4, 0.5) is 8.78 Å². The topological polar surface area (TPSA) is 3.24 Å². The average molecular weight is 217 g/mol. The van der Waals surface area contributed by atoms with Crippen molar-refractivity contribution in [2.75, 3.05) is 13.1 Å². The van der Waals surface area contributed by atoms with Crippen LogP contribution in [0.2, 0.25) is 0 Å². The molecular formula is C12H21F2N. The Bertz CT molecular complexity index is 208. The molecule has 0 amide bonds. The van der Waals surface area contributed by atoms with E-state index in [1.807, 2.05) is 0 Å². The molecule has 0 spiro atoms. The Kier molecular flexibility index (Phi) is 3.29. The van der Waals surface area contributed by atoms with Crippen molar-refractivity contribution < 1.29 is 8.78 Å². The molecule has 0 N–H and O–H groups in total. The molecule has 1 aliphatic heterocycles. The van der Waals surface area contributed by atoms with Crippen LogP contribution in [-0.2, 0) is 0 Å². The lowest BCUT2D eigenvalue weighted by Gasteiger charge is -2.40. The molecule has 1 saturated carbocycles. The van der Waals surface area contributed by atoms with Crippen LogP contribution in [0.3, 0.4) is 0 Å². The van der Waals surface area contributed by atoms with Gasteiger partial charge in [0, 0.05) is 32.0 Å². The Morgan fingerprint density at radius 1 is 1.13 bits per heavy atom. The monoisotopic (exact) mass is 217 g/mol. The van der Waals surface area contributed by atoms with E-state index in [1.54, 1.807) is 0 Å². The Hall–Kier alpha value is -0.180. The molecule has 2 atom stereocenters. The second-order valence-corrected chi connectivity index (χ2v) is 5.32. The molecule has 88 valence electrons. The Morgan fingerprint density at radius 3 is 2.40 bits per heavy atom. The van der Waals surface area contributed by atoms with Gasteiger partial charge in [0.05, 0.1) is 0 Å². The highest BCUT2D eigenvalue weighted by molar-refractivity contribution is 4.84. The lowest BCUT2D eigenvalue weighted by Crippen LogP contribution is -2.46. The van der Waals surface area contributed by atoms with Crippen LogP contribution in [0.25, 0.3) is 0 Å². The molecule has 0 radical (unpaired) electrons. The molecule has 1 heterocycles. The SMILES string of the molecule is C[C@@H]1CCC[C@H](N2CCC(F)(F)CC2)C1. The van der Waals surface area contributed by atoms with Gasteiger partial charge in [-0.25, -0.2) is 8.78 Å². The van der Waals surface area contributed by atoms with E-state index in [1.165, 1.54) is 25.7 Å². The van der Waals surface area contributed by atoms with Crippen molar-refractivity contribution >= 4 is 0 Å². The van der Waals surface area contributed by atoms with Crippen molar-refractivity contribution in [1.29, 1.82) is 0 Å². The number of halogens is 2. The third-order valence-corrected chi connectivity index (χ3v) is 3.95. The van der Waals surface area contributed by atoms with E-state index < -0.39 is 5.92 Å². The van der Waals surface area contributed by atoms with Crippen LogP contribution in [0.1, 0.15) is 45.4 Å². The van der Waals surface area contributed by atoms with Crippen LogP contribution in [0.15, 0.2) is 0 Å². The van der Waals surface area contributed by atoms with E-state index >= 15 is 0 Å². The first-order chi connectivity index (χ1) is 7.07. The van der Waals surface area contributed by atoms with Gasteiger partial charge in [-0.2, -0.15) is 0 Å². The molecule has 3 heteroatoms. The predicted molar refractivity (Wildman–Crippen MR) is 57.2 cm³/mol. The first-order valence-corrected chi connectivity index (χ1v) is 6.19. The fourth-order valence-corrected chi connectivity index (χ4v) is 2.95. The maximum Gasteiger partial charge on any atom is 0.250 e. The first kappa shape index (κ1) is 11.3. The van der Waals surface area contributed by atoms with Gasteiger partial charge < -0.3 is 0 Å². The summed E-state index contributed by atoms with van der Waals surface area (Å²) in [5.74, 6) is -1.61. The fraction of sp³-hybridized carbons (Fsp3) is 1.00. The maximum absolute atomic E-state index is 13.0. The summed E-state index contributed by atoms with van der Waals surface area (Å²) < 4.78 is 26.0. The summed E-state index contributed by atoms with van der Waals surface area (Å²) in [6.45, 7) is 3.49. The highest BCUT2D eigenvalue weighted by Crippen LogP contribution is 2.33. The fourth-order valence-electron chi connectivity index (χ4n) is 2.95. The van der Waals surface area contributed by atoms with Gasteiger partial charge in [-0.1, -0.05) is 19.8 Å². The molecule has 2 aliphatic rings. The second kappa shape index (κ2) is 4.36. The van der Waals surface area contributed by atoms with Crippen molar-refractivity contribution in [2.24, 2.45) is 5.92 Å². The van der Waals surface area contributed by atoms with Gasteiger partial charge in [0.25, 0.3) is 5.92 Å². The van der Waals surface area contributed by atoms with E-state index in [0.29, 0.717) is 19.1 Å². The molecule has 1 aliphatic carbocycles. The molecule has 0 aromatic rings. The molecule has 0 aromatic heterocycles. The van der Waals surface area contributed by atoms with Gasteiger partial charge in [-0.05, 0) is 18.8 Å². The van der Waals surface area contributed by atoms with E-state index in [0.717, 1.165) is 5.92 Å². The lowest BCUT2D eigenvalue weighted by molar-refractivity contribution is -0.0669. The van der Waals surface area contributed by atoms with Crippen LogP contribution < -0.4 is 0 Å². The Morgan fingerprint density at radius 2 is 1.80 bits per heavy atom. The third kappa shape index (κ3) is 2.90. The highest BCUT2D eigenvalue weighted by Gasteiger charge is 2.36. The summed E-state index contributed by atoms with van der Waals surface area (Å²) in [4.78, 5) is 2.30. The van der Waals surface area contributed by atoms with Crippen LogP contribution >= 0.6 is 0 Å². The summed E-state index contributed by atoms with van der Waals surface area (Å²) in [5, 5.41) is 0. The summed E-state index contributed by atoms with van der Waals surface area (Å²) in [7, 11) is 0. The normalized spacial score (nSPS) is 37.8. The quantitative estimate of drug-likeness (QED) is 0.651. The van der Waals surface area contributed by atoms with Crippen LogP contribution in [0, 0.1) is 5.92 Å². The number of alkyl halides is 2. The summed E-state index contributed by atoms with van der Waals surface area (Å²) in [6.07, 6.45) is 5.16. The zero-order valence-electron chi connectivity index (χ0n) is 9.51. The highest BCUT2D eigenvalue weighted by atomic mass is 19.3. The van der Waals surface area contributed by atoms with E-state index in [4.69, 9.17) is 0 Å². The lowest BCUT2D eigenvalue weighted by atomic mass is 9.85. The first-order valence-electron chi connectivity index (χ1n) is 6.19. The molecule has 0 unspecified atom stereocenters. The standard InChI is InChI=1S/C12H21F2N/c1-10-3-2-4-11(9-10)15-7-5-12(13,14)6-8-15/h10-11H,2-9H2,1H3/t10-,11+/m1/s1. The molecule has 0 bridgehead atoms. The number of rotatable bonds is 1. The Balaban J connectivity index is 1.84. The van der Waals surface area contributed by atoms with Gasteiger partial charge in [-0.3, -0.25) is 4.90 Å². The predicted octanol–water partition coefficient (Wildman–Crippen LogP) is 3.30. The van der Waals surface area contributed by atoms with Gasteiger partial charge in [0.15, 0.2) is 0 Å². The summed E-state index contributed by atoms with van der Waals surface area (Å²) in [5.41, 5.74) is 0. The van der Waals surface area contributed by atoms with Gasteiger partial charge in [0.1, 0.15) is 0 Å². The smallest absolute Gasteiger partial charge is 0.250 e. The van der Waals surface area contributed by atoms with Crippen molar-refractivity contribution in [3.63, 3.8) is 0 Å². The molecule has 0 aromatic carbocycles. The van der Waals surface area contributed by atoms with E-state index in [2.05, 4.69) is 11.8 Å². The zero-order chi connectivity index (χ0) is 10.9. The van der Waals surface area contributed by atoms with Crippen molar-refractivity contribution in [3.05, 3.63) is 0 Å². The third-order valence-electron chi connectivity index (χ3n) is 3.95. The van der Waals surface area contributed by atoms with Crippen molar-refractivity contribution in [3.8, 4) is 0 Å². The van der Waals surface area contributed by atoms with E-state index in [-0.39, 0.29) is 12.8 Å². The number of piperidine rings is 1. The molecule has 2 rings (SSSR count). The minimum Gasteiger partial charge on any atom is -0.300 e. The summed E-state index contributed by atoms with van der Waals surface area (Å²) >= 11 is 0. The van der Waals surface area contributed by atoms with Gasteiger partial charge >= 0.3 is 0 Å². The number of hydrogen-bond donors (Lipinski definition) is 0. The second-order valence-electron chi connectivity index (χ2n) is 5.32.